The molecule has 0 bridgehead atoms. The number of aryl methyl sites for hydroxylation is 1. The predicted octanol–water partition coefficient (Wildman–Crippen LogP) is 2.86. The summed E-state index contributed by atoms with van der Waals surface area (Å²) >= 11 is 0. The van der Waals surface area contributed by atoms with Crippen LogP contribution in [0.5, 0.6) is 0 Å². The van der Waals surface area contributed by atoms with Crippen LogP contribution in [0, 0.1) is 6.92 Å². The number of aliphatic carboxylic acids is 1. The summed E-state index contributed by atoms with van der Waals surface area (Å²) in [7, 11) is 1.38. The lowest BCUT2D eigenvalue weighted by Gasteiger charge is -2.08. The Balaban J connectivity index is 2.07. The monoisotopic (exact) mass is 367 g/mol. The fraction of sp³-hybridized carbons (Fsp3) is 0.250. The normalized spacial score (nSPS) is 11.3. The minimum Gasteiger partial charge on any atom is -0.478 e. The Bertz CT molecular complexity index is 1000. The van der Waals surface area contributed by atoms with Crippen molar-refractivity contribution in [3.05, 3.63) is 59.8 Å². The highest BCUT2D eigenvalue weighted by molar-refractivity contribution is 5.90. The van der Waals surface area contributed by atoms with E-state index in [-0.39, 0.29) is 12.4 Å². The summed E-state index contributed by atoms with van der Waals surface area (Å²) in [6, 6.07) is 5.80. The van der Waals surface area contributed by atoms with E-state index in [1.54, 1.807) is 18.6 Å². The quantitative estimate of drug-likeness (QED) is 0.513. The Morgan fingerprint density at radius 3 is 2.81 bits per heavy atom. The Morgan fingerprint density at radius 1 is 1.33 bits per heavy atom. The van der Waals surface area contributed by atoms with Gasteiger partial charge in [-0.25, -0.2) is 9.78 Å². The second-order valence-corrected chi connectivity index (χ2v) is 6.22. The minimum absolute atomic E-state index is 0.256. The topological polar surface area (TPSA) is 86.4 Å². The number of carbonyl (C=O) groups excluding carboxylic acids is 1. The minimum atomic E-state index is -0.986. The van der Waals surface area contributed by atoms with Crippen LogP contribution in [0.15, 0.2) is 43.0 Å². The summed E-state index contributed by atoms with van der Waals surface area (Å²) in [6.45, 7) is 3.18. The number of imidazole rings is 1. The van der Waals surface area contributed by atoms with Crippen molar-refractivity contribution in [2.24, 2.45) is 0 Å². The molecule has 2 aromatic heterocycles. The van der Waals surface area contributed by atoms with Crippen LogP contribution in [0.4, 0.5) is 0 Å². The van der Waals surface area contributed by atoms with Crippen LogP contribution in [-0.2, 0) is 27.4 Å². The third-order valence-corrected chi connectivity index (χ3v) is 4.56. The smallest absolute Gasteiger partial charge is 0.328 e. The highest BCUT2D eigenvalue weighted by atomic mass is 16.5. The summed E-state index contributed by atoms with van der Waals surface area (Å²) in [6.07, 6.45) is 8.36. The molecule has 0 aliphatic rings. The molecule has 0 radical (unpaired) electrons. The molecular weight excluding hydrogens is 346 g/mol. The van der Waals surface area contributed by atoms with Crippen molar-refractivity contribution in [3.63, 3.8) is 0 Å². The van der Waals surface area contributed by atoms with Gasteiger partial charge in [0.1, 0.15) is 0 Å². The van der Waals surface area contributed by atoms with Crippen molar-refractivity contribution < 1.29 is 19.4 Å². The lowest BCUT2D eigenvalue weighted by molar-refractivity contribution is -0.140. The van der Waals surface area contributed by atoms with E-state index in [1.807, 2.05) is 35.9 Å². The Hall–Kier alpha value is -3.35. The maximum atomic E-state index is 11.6. The van der Waals surface area contributed by atoms with Crippen molar-refractivity contribution in [3.8, 4) is 0 Å². The van der Waals surface area contributed by atoms with Gasteiger partial charge in [-0.1, -0.05) is 6.07 Å². The van der Waals surface area contributed by atoms with Gasteiger partial charge in [0.25, 0.3) is 0 Å². The molecule has 0 saturated carbocycles. The first-order chi connectivity index (χ1) is 13.0. The van der Waals surface area contributed by atoms with Crippen LogP contribution in [-0.4, -0.2) is 38.3 Å². The number of carboxylic acid groups (broad SMARTS) is 1. The molecule has 27 heavy (non-hydrogen) atoms. The first-order valence-corrected chi connectivity index (χ1v) is 8.55. The largest absolute Gasteiger partial charge is 0.478 e. The molecular formula is C20H21N3O4. The summed E-state index contributed by atoms with van der Waals surface area (Å²) in [5.41, 5.74) is 3.97. The zero-order valence-electron chi connectivity index (χ0n) is 15.3. The van der Waals surface area contributed by atoms with Gasteiger partial charge < -0.3 is 19.0 Å². The number of nitrogens with zero attached hydrogens (tertiary/aromatic N) is 3. The van der Waals surface area contributed by atoms with Crippen LogP contribution < -0.4 is 0 Å². The van der Waals surface area contributed by atoms with Crippen molar-refractivity contribution in [1.29, 1.82) is 0 Å². The molecule has 3 rings (SSSR count). The first kappa shape index (κ1) is 18.4. The maximum Gasteiger partial charge on any atom is 0.328 e. The average Bonchev–Trinajstić information content (AvgIpc) is 3.25. The Morgan fingerprint density at radius 2 is 2.15 bits per heavy atom. The van der Waals surface area contributed by atoms with E-state index in [0.29, 0.717) is 13.1 Å². The van der Waals surface area contributed by atoms with Gasteiger partial charge in [-0.05, 0) is 30.7 Å². The molecule has 7 heteroatoms. The SMILES string of the molecule is COC(=O)CCn1c(C)c(Cn2ccnc2)c2cc(/C=C/C(=O)O)ccc21. The molecule has 0 unspecified atom stereocenters. The van der Waals surface area contributed by atoms with Gasteiger partial charge in [-0.2, -0.15) is 0 Å². The van der Waals surface area contributed by atoms with E-state index in [0.717, 1.165) is 33.8 Å². The van der Waals surface area contributed by atoms with Crippen LogP contribution in [0.25, 0.3) is 17.0 Å². The number of fused-ring (bicyclic) bond motifs is 1. The van der Waals surface area contributed by atoms with Crippen molar-refractivity contribution in [2.75, 3.05) is 7.11 Å². The van der Waals surface area contributed by atoms with Crippen LogP contribution >= 0.6 is 0 Å². The van der Waals surface area contributed by atoms with Crippen molar-refractivity contribution in [1.82, 2.24) is 14.1 Å². The molecule has 0 amide bonds. The number of benzene rings is 1. The molecule has 0 atom stereocenters. The van der Waals surface area contributed by atoms with E-state index in [2.05, 4.69) is 9.55 Å². The van der Waals surface area contributed by atoms with Crippen molar-refractivity contribution in [2.45, 2.75) is 26.4 Å². The highest BCUT2D eigenvalue weighted by Crippen LogP contribution is 2.28. The number of aromatic nitrogens is 3. The maximum absolute atomic E-state index is 11.6. The van der Waals surface area contributed by atoms with E-state index in [4.69, 9.17) is 9.84 Å². The molecule has 0 fully saturated rings. The Kier molecular flexibility index (Phi) is 5.40. The first-order valence-electron chi connectivity index (χ1n) is 8.55. The van der Waals surface area contributed by atoms with Gasteiger partial charge >= 0.3 is 11.9 Å². The van der Waals surface area contributed by atoms with Gasteiger partial charge in [0.15, 0.2) is 0 Å². The van der Waals surface area contributed by atoms with E-state index in [1.165, 1.54) is 7.11 Å². The van der Waals surface area contributed by atoms with Gasteiger partial charge in [0.2, 0.25) is 0 Å². The van der Waals surface area contributed by atoms with Gasteiger partial charge in [-0.3, -0.25) is 4.79 Å². The lowest BCUT2D eigenvalue weighted by Crippen LogP contribution is -2.08. The van der Waals surface area contributed by atoms with Gasteiger partial charge in [-0.15, -0.1) is 0 Å². The highest BCUT2D eigenvalue weighted by Gasteiger charge is 2.15. The molecule has 1 N–H and O–H groups in total. The third-order valence-electron chi connectivity index (χ3n) is 4.56. The van der Waals surface area contributed by atoms with Gasteiger partial charge in [0.05, 0.1) is 26.4 Å². The van der Waals surface area contributed by atoms with Crippen LogP contribution in [0.3, 0.4) is 0 Å². The average molecular weight is 367 g/mol. The second-order valence-electron chi connectivity index (χ2n) is 6.22. The van der Waals surface area contributed by atoms with Crippen LogP contribution in [0.1, 0.15) is 23.2 Å². The number of esters is 1. The summed E-state index contributed by atoms with van der Waals surface area (Å²) < 4.78 is 8.84. The number of methoxy groups -OCH3 is 1. The molecule has 140 valence electrons. The summed E-state index contributed by atoms with van der Waals surface area (Å²) in [5, 5.41) is 9.89. The zero-order chi connectivity index (χ0) is 19.4. The predicted molar refractivity (Wildman–Crippen MR) is 101 cm³/mol. The number of hydrogen-bond acceptors (Lipinski definition) is 4. The molecule has 0 saturated heterocycles. The molecule has 3 aromatic rings. The third kappa shape index (κ3) is 4.08. The number of hydrogen-bond donors (Lipinski definition) is 1. The number of rotatable bonds is 7. The Labute approximate surface area is 156 Å². The molecule has 0 aliphatic carbocycles. The molecule has 0 spiro atoms. The second kappa shape index (κ2) is 7.90. The molecule has 0 aliphatic heterocycles. The van der Waals surface area contributed by atoms with E-state index in [9.17, 15) is 9.59 Å². The van der Waals surface area contributed by atoms with Gasteiger partial charge in [0, 0.05) is 47.2 Å². The van der Waals surface area contributed by atoms with Crippen molar-refractivity contribution >= 4 is 28.9 Å². The number of carbonyl (C=O) groups is 2. The number of ether oxygens (including phenoxy) is 1. The lowest BCUT2D eigenvalue weighted by atomic mass is 10.1. The van der Waals surface area contributed by atoms with Crippen LogP contribution in [0.2, 0.25) is 0 Å². The molecule has 2 heterocycles. The summed E-state index contributed by atoms with van der Waals surface area (Å²) in [5.74, 6) is -1.24. The number of carboxylic acids is 1. The van der Waals surface area contributed by atoms with E-state index >= 15 is 0 Å². The zero-order valence-corrected chi connectivity index (χ0v) is 15.3. The fourth-order valence-electron chi connectivity index (χ4n) is 3.20. The fourth-order valence-corrected chi connectivity index (χ4v) is 3.20. The molecule has 1 aromatic carbocycles. The van der Waals surface area contributed by atoms with E-state index < -0.39 is 5.97 Å². The standard InChI is InChI=1S/C20H21N3O4/c1-14-17(12-22-10-8-21-13-22)16-11-15(4-6-19(24)25)3-5-18(16)23(14)9-7-20(26)27-2/h3-6,8,10-11,13H,7,9,12H2,1-2H3,(H,24,25)/b6-4+. The summed E-state index contributed by atoms with van der Waals surface area (Å²) in [4.78, 5) is 26.5. The molecule has 7 nitrogen and oxygen atoms in total.